The fourth-order valence-corrected chi connectivity index (χ4v) is 2.32. The van der Waals surface area contributed by atoms with Crippen molar-refractivity contribution in [3.05, 3.63) is 57.8 Å². The summed E-state index contributed by atoms with van der Waals surface area (Å²) in [4.78, 5) is 31.7. The highest BCUT2D eigenvalue weighted by atomic mass is 19.1. The Hall–Kier alpha value is -2.77. The lowest BCUT2D eigenvalue weighted by molar-refractivity contribution is 0.205. The Morgan fingerprint density at radius 2 is 2.18 bits per heavy atom. The summed E-state index contributed by atoms with van der Waals surface area (Å²) >= 11 is 0. The van der Waals surface area contributed by atoms with Crippen molar-refractivity contribution in [1.29, 1.82) is 0 Å². The number of urea groups is 1. The van der Waals surface area contributed by atoms with Crippen LogP contribution in [-0.4, -0.2) is 27.4 Å². The molecule has 8 heteroatoms. The van der Waals surface area contributed by atoms with Crippen LogP contribution in [0.15, 0.2) is 29.3 Å². The lowest BCUT2D eigenvalue weighted by Crippen LogP contribution is -2.41. The molecule has 2 aromatic rings. The summed E-state index contributed by atoms with van der Waals surface area (Å²) in [6.07, 6.45) is 1.65. The number of H-pyrrole nitrogens is 1. The molecule has 22 heavy (non-hydrogen) atoms. The van der Waals surface area contributed by atoms with E-state index in [0.29, 0.717) is 30.3 Å². The van der Waals surface area contributed by atoms with Gasteiger partial charge in [-0.25, -0.2) is 18.6 Å². The van der Waals surface area contributed by atoms with Crippen LogP contribution in [0, 0.1) is 11.6 Å². The molecule has 0 saturated carbocycles. The third-order valence-electron chi connectivity index (χ3n) is 3.47. The molecule has 2 amide bonds. The second kappa shape index (κ2) is 5.55. The second-order valence-corrected chi connectivity index (χ2v) is 4.88. The van der Waals surface area contributed by atoms with Gasteiger partial charge in [-0.05, 0) is 18.6 Å². The second-order valence-electron chi connectivity index (χ2n) is 4.88. The van der Waals surface area contributed by atoms with Gasteiger partial charge in [0.15, 0.2) is 0 Å². The number of aromatic amines is 1. The minimum absolute atomic E-state index is 0.101. The number of anilines is 1. The quantitative estimate of drug-likeness (QED) is 0.840. The van der Waals surface area contributed by atoms with Gasteiger partial charge < -0.3 is 15.2 Å². The highest BCUT2D eigenvalue weighted by molar-refractivity contribution is 5.89. The van der Waals surface area contributed by atoms with Gasteiger partial charge in [-0.3, -0.25) is 4.79 Å². The molecule has 0 aliphatic carbocycles. The first-order valence-corrected chi connectivity index (χ1v) is 6.61. The summed E-state index contributed by atoms with van der Waals surface area (Å²) in [7, 11) is 0. The molecular weight excluding hydrogens is 294 g/mol. The van der Waals surface area contributed by atoms with Crippen LogP contribution in [-0.2, 0) is 13.0 Å². The molecule has 2 heterocycles. The average molecular weight is 306 g/mol. The average Bonchev–Trinajstić information content (AvgIpc) is 2.50. The minimum atomic E-state index is -0.847. The number of carbonyl (C=O) groups excluding carboxylic acids is 1. The Kier molecular flexibility index (Phi) is 3.58. The molecule has 1 aliphatic heterocycles. The van der Waals surface area contributed by atoms with E-state index in [-0.39, 0.29) is 17.8 Å². The fraction of sp³-hybridized carbons (Fsp3) is 0.214. The zero-order valence-corrected chi connectivity index (χ0v) is 11.4. The lowest BCUT2D eigenvalue weighted by Gasteiger charge is -2.27. The third-order valence-corrected chi connectivity index (χ3v) is 3.47. The van der Waals surface area contributed by atoms with E-state index in [1.165, 1.54) is 11.2 Å². The number of carbonyl (C=O) groups is 1. The van der Waals surface area contributed by atoms with Gasteiger partial charge in [0, 0.05) is 18.2 Å². The predicted octanol–water partition coefficient (Wildman–Crippen LogP) is 1.64. The van der Waals surface area contributed by atoms with Crippen molar-refractivity contribution in [2.75, 3.05) is 11.9 Å². The molecule has 6 nitrogen and oxygen atoms in total. The lowest BCUT2D eigenvalue weighted by atomic mass is 10.1. The first-order valence-electron chi connectivity index (χ1n) is 6.61. The fourth-order valence-electron chi connectivity index (χ4n) is 2.32. The van der Waals surface area contributed by atoms with Crippen LogP contribution in [0.2, 0.25) is 0 Å². The summed E-state index contributed by atoms with van der Waals surface area (Å²) in [5.74, 6) is -1.56. The van der Waals surface area contributed by atoms with Gasteiger partial charge in [-0.1, -0.05) is 0 Å². The van der Waals surface area contributed by atoms with Gasteiger partial charge in [0.25, 0.3) is 5.56 Å². The van der Waals surface area contributed by atoms with Crippen LogP contribution in [0.3, 0.4) is 0 Å². The van der Waals surface area contributed by atoms with Crippen LogP contribution in [0.5, 0.6) is 0 Å². The predicted molar refractivity (Wildman–Crippen MR) is 74.3 cm³/mol. The number of benzene rings is 1. The Balaban J connectivity index is 1.75. The van der Waals surface area contributed by atoms with Gasteiger partial charge in [0.1, 0.15) is 11.6 Å². The van der Waals surface area contributed by atoms with Crippen molar-refractivity contribution >= 4 is 11.7 Å². The molecule has 0 fully saturated rings. The maximum absolute atomic E-state index is 13.5. The van der Waals surface area contributed by atoms with E-state index in [0.717, 1.165) is 12.1 Å². The normalized spacial score (nSPS) is 13.6. The van der Waals surface area contributed by atoms with Crippen molar-refractivity contribution < 1.29 is 13.6 Å². The zero-order valence-electron chi connectivity index (χ0n) is 11.4. The van der Waals surface area contributed by atoms with Gasteiger partial charge in [-0.2, -0.15) is 0 Å². The number of hydrogen-bond acceptors (Lipinski definition) is 3. The maximum Gasteiger partial charge on any atom is 0.322 e. The Morgan fingerprint density at radius 1 is 1.36 bits per heavy atom. The molecule has 2 N–H and O–H groups in total. The van der Waals surface area contributed by atoms with E-state index in [4.69, 9.17) is 0 Å². The molecule has 0 radical (unpaired) electrons. The first kappa shape index (κ1) is 14.2. The molecule has 0 spiro atoms. The van der Waals surface area contributed by atoms with E-state index in [2.05, 4.69) is 15.3 Å². The summed E-state index contributed by atoms with van der Waals surface area (Å²) in [5.41, 5.74) is 0.759. The monoisotopic (exact) mass is 306 g/mol. The zero-order chi connectivity index (χ0) is 15.7. The number of hydrogen-bond donors (Lipinski definition) is 2. The van der Waals surface area contributed by atoms with E-state index in [1.54, 1.807) is 0 Å². The van der Waals surface area contributed by atoms with Crippen LogP contribution >= 0.6 is 0 Å². The van der Waals surface area contributed by atoms with Crippen molar-refractivity contribution in [3.63, 3.8) is 0 Å². The number of halogens is 2. The van der Waals surface area contributed by atoms with Gasteiger partial charge in [0.2, 0.25) is 0 Å². The number of aromatic nitrogens is 2. The summed E-state index contributed by atoms with van der Waals surface area (Å²) in [5, 5.41) is 2.38. The van der Waals surface area contributed by atoms with Crippen molar-refractivity contribution in [2.24, 2.45) is 0 Å². The molecule has 1 aliphatic rings. The molecule has 0 saturated heterocycles. The molecule has 0 unspecified atom stereocenters. The standard InChI is InChI=1S/C14H12F2N4O2/c15-8-1-2-11(10(16)5-8)19-14(22)20-4-3-9-12(6-20)17-7-18-13(9)21/h1-2,5,7H,3-4,6H2,(H,19,22)(H,17,18,21). The van der Waals surface area contributed by atoms with Crippen LogP contribution in [0.25, 0.3) is 0 Å². The third kappa shape index (κ3) is 2.67. The Labute approximate surface area is 123 Å². The molecular formula is C14H12F2N4O2. The highest BCUT2D eigenvalue weighted by Gasteiger charge is 2.24. The number of amides is 2. The van der Waals surface area contributed by atoms with E-state index >= 15 is 0 Å². The topological polar surface area (TPSA) is 78.1 Å². The maximum atomic E-state index is 13.5. The molecule has 1 aromatic heterocycles. The minimum Gasteiger partial charge on any atom is -0.318 e. The summed E-state index contributed by atoms with van der Waals surface area (Å²) in [6, 6.07) is 2.38. The molecule has 0 atom stereocenters. The number of rotatable bonds is 1. The van der Waals surface area contributed by atoms with E-state index in [9.17, 15) is 18.4 Å². The Morgan fingerprint density at radius 3 is 2.95 bits per heavy atom. The summed E-state index contributed by atoms with van der Waals surface area (Å²) in [6.45, 7) is 0.477. The largest absolute Gasteiger partial charge is 0.322 e. The summed E-state index contributed by atoms with van der Waals surface area (Å²) < 4.78 is 26.4. The van der Waals surface area contributed by atoms with Crippen LogP contribution in [0.4, 0.5) is 19.3 Å². The molecule has 3 rings (SSSR count). The highest BCUT2D eigenvalue weighted by Crippen LogP contribution is 2.18. The van der Waals surface area contributed by atoms with Crippen molar-refractivity contribution in [3.8, 4) is 0 Å². The molecule has 1 aromatic carbocycles. The van der Waals surface area contributed by atoms with Crippen LogP contribution in [0.1, 0.15) is 11.3 Å². The SMILES string of the molecule is O=C(Nc1ccc(F)cc1F)N1CCc2c(nc[nH]c2=O)C1. The number of nitrogens with zero attached hydrogens (tertiary/aromatic N) is 2. The van der Waals surface area contributed by atoms with Gasteiger partial charge in [0.05, 0.1) is 24.3 Å². The molecule has 0 bridgehead atoms. The van der Waals surface area contributed by atoms with Gasteiger partial charge in [-0.15, -0.1) is 0 Å². The molecule has 114 valence electrons. The van der Waals surface area contributed by atoms with E-state index in [1.807, 2.05) is 0 Å². The van der Waals surface area contributed by atoms with Crippen LogP contribution < -0.4 is 10.9 Å². The first-order chi connectivity index (χ1) is 10.5. The number of fused-ring (bicyclic) bond motifs is 1. The smallest absolute Gasteiger partial charge is 0.318 e. The van der Waals surface area contributed by atoms with Gasteiger partial charge >= 0.3 is 6.03 Å². The van der Waals surface area contributed by atoms with E-state index < -0.39 is 17.7 Å². The van der Waals surface area contributed by atoms with Crippen molar-refractivity contribution in [1.82, 2.24) is 14.9 Å². The number of nitrogens with one attached hydrogen (secondary N) is 2. The van der Waals surface area contributed by atoms with Crippen molar-refractivity contribution in [2.45, 2.75) is 13.0 Å². The Bertz CT molecular complexity index is 791.